The standard InChI is InChI=1S/C17H19N5O4/c1-5-11-8-14(22-17(20-11)18-9-19-22)21-16(23)10-6-12(24-2)15(26-4)13(7-10)25-3/h6-9H,5H2,1-4H3,(H,21,23). The summed E-state index contributed by atoms with van der Waals surface area (Å²) in [5, 5.41) is 6.93. The third-order valence-electron chi connectivity index (χ3n) is 3.84. The van der Waals surface area contributed by atoms with E-state index in [1.807, 2.05) is 6.92 Å². The second-order valence-corrected chi connectivity index (χ2v) is 5.33. The molecule has 26 heavy (non-hydrogen) atoms. The maximum Gasteiger partial charge on any atom is 0.257 e. The Morgan fingerprint density at radius 1 is 1.12 bits per heavy atom. The highest BCUT2D eigenvalue weighted by Gasteiger charge is 2.18. The fraction of sp³-hybridized carbons (Fsp3) is 0.294. The first kappa shape index (κ1) is 17.5. The van der Waals surface area contributed by atoms with Gasteiger partial charge in [-0.3, -0.25) is 4.79 Å². The topological polar surface area (TPSA) is 99.9 Å². The van der Waals surface area contributed by atoms with Gasteiger partial charge in [0.2, 0.25) is 5.75 Å². The summed E-state index contributed by atoms with van der Waals surface area (Å²) in [6, 6.07) is 4.92. The van der Waals surface area contributed by atoms with Crippen molar-refractivity contribution in [2.45, 2.75) is 13.3 Å². The number of ether oxygens (including phenoxy) is 3. The van der Waals surface area contributed by atoms with Gasteiger partial charge in [0.15, 0.2) is 11.5 Å². The van der Waals surface area contributed by atoms with E-state index in [1.165, 1.54) is 32.2 Å². The Hall–Kier alpha value is -3.36. The molecule has 9 nitrogen and oxygen atoms in total. The highest BCUT2D eigenvalue weighted by molar-refractivity contribution is 6.04. The van der Waals surface area contributed by atoms with Crippen LogP contribution in [0.15, 0.2) is 24.5 Å². The Labute approximate surface area is 149 Å². The molecule has 136 valence electrons. The predicted octanol–water partition coefficient (Wildman–Crippen LogP) is 1.96. The minimum Gasteiger partial charge on any atom is -0.493 e. The highest BCUT2D eigenvalue weighted by atomic mass is 16.5. The molecule has 0 aliphatic rings. The van der Waals surface area contributed by atoms with E-state index in [9.17, 15) is 4.79 Å². The number of nitrogens with zero attached hydrogens (tertiary/aromatic N) is 4. The molecule has 9 heteroatoms. The van der Waals surface area contributed by atoms with Crippen LogP contribution in [-0.4, -0.2) is 46.8 Å². The zero-order valence-corrected chi connectivity index (χ0v) is 14.9. The Bertz CT molecular complexity index is 928. The van der Waals surface area contributed by atoms with Gasteiger partial charge >= 0.3 is 0 Å². The van der Waals surface area contributed by atoms with Crippen molar-refractivity contribution >= 4 is 17.5 Å². The van der Waals surface area contributed by atoms with Crippen LogP contribution in [0.1, 0.15) is 23.0 Å². The largest absolute Gasteiger partial charge is 0.493 e. The summed E-state index contributed by atoms with van der Waals surface area (Å²) in [6.07, 6.45) is 2.09. The lowest BCUT2D eigenvalue weighted by Gasteiger charge is -2.14. The zero-order valence-electron chi connectivity index (χ0n) is 14.9. The lowest BCUT2D eigenvalue weighted by molar-refractivity contribution is 0.102. The molecule has 0 bridgehead atoms. The fourth-order valence-electron chi connectivity index (χ4n) is 2.53. The van der Waals surface area contributed by atoms with E-state index in [0.717, 1.165) is 5.69 Å². The fourth-order valence-corrected chi connectivity index (χ4v) is 2.53. The summed E-state index contributed by atoms with van der Waals surface area (Å²) in [5.41, 5.74) is 1.15. The number of hydrogen-bond donors (Lipinski definition) is 1. The van der Waals surface area contributed by atoms with Gasteiger partial charge in [-0.05, 0) is 18.6 Å². The molecule has 0 aliphatic carbocycles. The SMILES string of the molecule is CCc1cc(NC(=O)c2cc(OC)c(OC)c(OC)c2)n2ncnc2n1. The number of anilines is 1. The molecule has 0 fully saturated rings. The number of benzene rings is 1. The number of rotatable bonds is 6. The number of aromatic nitrogens is 4. The van der Waals surface area contributed by atoms with Crippen LogP contribution >= 0.6 is 0 Å². The van der Waals surface area contributed by atoms with E-state index < -0.39 is 0 Å². The number of aryl methyl sites for hydroxylation is 1. The molecule has 3 rings (SSSR count). The number of nitrogens with one attached hydrogen (secondary N) is 1. The lowest BCUT2D eigenvalue weighted by atomic mass is 10.1. The molecule has 0 unspecified atom stereocenters. The van der Waals surface area contributed by atoms with Gasteiger partial charge in [0, 0.05) is 17.3 Å². The predicted molar refractivity (Wildman–Crippen MR) is 94.2 cm³/mol. The maximum atomic E-state index is 12.8. The normalized spacial score (nSPS) is 10.6. The summed E-state index contributed by atoms with van der Waals surface area (Å²) in [5.74, 6) is 1.75. The van der Waals surface area contributed by atoms with E-state index in [4.69, 9.17) is 14.2 Å². The van der Waals surface area contributed by atoms with E-state index in [-0.39, 0.29) is 5.91 Å². The molecule has 1 amide bonds. The van der Waals surface area contributed by atoms with Gasteiger partial charge in [0.05, 0.1) is 21.3 Å². The van der Waals surface area contributed by atoms with Gasteiger partial charge in [0.25, 0.3) is 11.7 Å². The minimum atomic E-state index is -0.352. The average Bonchev–Trinajstić information content (AvgIpc) is 3.15. The quantitative estimate of drug-likeness (QED) is 0.720. The van der Waals surface area contributed by atoms with E-state index in [1.54, 1.807) is 18.2 Å². The molecule has 1 N–H and O–H groups in total. The molecule has 0 radical (unpaired) electrons. The second kappa shape index (κ2) is 7.26. The van der Waals surface area contributed by atoms with Crippen LogP contribution in [0.4, 0.5) is 5.82 Å². The second-order valence-electron chi connectivity index (χ2n) is 5.33. The van der Waals surface area contributed by atoms with Crippen molar-refractivity contribution in [2.75, 3.05) is 26.6 Å². The Kier molecular flexibility index (Phi) is 4.87. The molecule has 1 aromatic carbocycles. The molecular formula is C17H19N5O4. The van der Waals surface area contributed by atoms with Crippen molar-refractivity contribution in [3.05, 3.63) is 35.8 Å². The summed E-state index contributed by atoms with van der Waals surface area (Å²) in [6.45, 7) is 1.97. The molecule has 2 aromatic heterocycles. The van der Waals surface area contributed by atoms with Crippen LogP contribution in [0, 0.1) is 0 Å². The van der Waals surface area contributed by atoms with Crippen molar-refractivity contribution in [3.63, 3.8) is 0 Å². The molecule has 3 aromatic rings. The number of hydrogen-bond acceptors (Lipinski definition) is 7. The van der Waals surface area contributed by atoms with E-state index >= 15 is 0 Å². The molecule has 0 saturated carbocycles. The van der Waals surface area contributed by atoms with Crippen LogP contribution in [0.5, 0.6) is 17.2 Å². The van der Waals surface area contributed by atoms with Crippen molar-refractivity contribution in [2.24, 2.45) is 0 Å². The highest BCUT2D eigenvalue weighted by Crippen LogP contribution is 2.38. The summed E-state index contributed by atoms with van der Waals surface area (Å²) in [4.78, 5) is 21.2. The molecule has 2 heterocycles. The van der Waals surface area contributed by atoms with Crippen LogP contribution in [0.3, 0.4) is 0 Å². The Balaban J connectivity index is 1.99. The van der Waals surface area contributed by atoms with Crippen LogP contribution < -0.4 is 19.5 Å². The van der Waals surface area contributed by atoms with Crippen LogP contribution in [0.25, 0.3) is 5.78 Å². The van der Waals surface area contributed by atoms with Crippen molar-refractivity contribution < 1.29 is 19.0 Å². The zero-order chi connectivity index (χ0) is 18.7. The first-order valence-electron chi connectivity index (χ1n) is 7.92. The summed E-state index contributed by atoms with van der Waals surface area (Å²) >= 11 is 0. The third kappa shape index (κ3) is 3.10. The number of carbonyl (C=O) groups excluding carboxylic acids is 1. The molecule has 0 spiro atoms. The van der Waals surface area contributed by atoms with Gasteiger partial charge in [-0.2, -0.15) is 14.6 Å². The maximum absolute atomic E-state index is 12.8. The minimum absolute atomic E-state index is 0.350. The van der Waals surface area contributed by atoms with Gasteiger partial charge in [0.1, 0.15) is 12.1 Å². The molecular weight excluding hydrogens is 338 g/mol. The Morgan fingerprint density at radius 2 is 1.81 bits per heavy atom. The molecule has 0 aliphatic heterocycles. The third-order valence-corrected chi connectivity index (χ3v) is 3.84. The number of carbonyl (C=O) groups is 1. The van der Waals surface area contributed by atoms with Gasteiger partial charge in [-0.25, -0.2) is 4.98 Å². The lowest BCUT2D eigenvalue weighted by Crippen LogP contribution is -2.16. The van der Waals surface area contributed by atoms with Gasteiger partial charge in [-0.1, -0.05) is 6.92 Å². The van der Waals surface area contributed by atoms with Crippen molar-refractivity contribution in [1.29, 1.82) is 0 Å². The Morgan fingerprint density at radius 3 is 2.38 bits per heavy atom. The smallest absolute Gasteiger partial charge is 0.257 e. The molecule has 0 saturated heterocycles. The first-order chi connectivity index (χ1) is 12.6. The van der Waals surface area contributed by atoms with E-state index in [2.05, 4.69) is 20.4 Å². The van der Waals surface area contributed by atoms with Gasteiger partial charge in [-0.15, -0.1) is 0 Å². The van der Waals surface area contributed by atoms with Crippen molar-refractivity contribution in [3.8, 4) is 17.2 Å². The number of fused-ring (bicyclic) bond motifs is 1. The summed E-state index contributed by atoms with van der Waals surface area (Å²) < 4.78 is 17.3. The van der Waals surface area contributed by atoms with Crippen LogP contribution in [-0.2, 0) is 6.42 Å². The van der Waals surface area contributed by atoms with Gasteiger partial charge < -0.3 is 19.5 Å². The monoisotopic (exact) mass is 357 g/mol. The van der Waals surface area contributed by atoms with Crippen LogP contribution in [0.2, 0.25) is 0 Å². The summed E-state index contributed by atoms with van der Waals surface area (Å²) in [7, 11) is 4.49. The number of amides is 1. The van der Waals surface area contributed by atoms with E-state index in [0.29, 0.717) is 40.8 Å². The molecule has 0 atom stereocenters. The van der Waals surface area contributed by atoms with Crippen molar-refractivity contribution in [1.82, 2.24) is 19.6 Å². The average molecular weight is 357 g/mol. The first-order valence-corrected chi connectivity index (χ1v) is 7.92. The number of methoxy groups -OCH3 is 3.